The Morgan fingerprint density at radius 3 is 2.88 bits per heavy atom. The average Bonchev–Trinajstić information content (AvgIpc) is 3.29. The molecule has 2 saturated heterocycles. The number of nitrogens with one attached hydrogen (secondary N) is 1. The van der Waals surface area contributed by atoms with Crippen LogP contribution in [-0.4, -0.2) is 52.8 Å². The van der Waals surface area contributed by atoms with Crippen LogP contribution in [0.3, 0.4) is 0 Å². The summed E-state index contributed by atoms with van der Waals surface area (Å²) < 4.78 is 0. The summed E-state index contributed by atoms with van der Waals surface area (Å²) in [6.07, 6.45) is 8.14. The number of carbonyl (C=O) groups excluding carboxylic acids is 2. The van der Waals surface area contributed by atoms with E-state index in [9.17, 15) is 9.59 Å². The van der Waals surface area contributed by atoms with Crippen LogP contribution in [0.25, 0.3) is 0 Å². The molecule has 1 aromatic rings. The number of aryl methyl sites for hydroxylation is 1. The highest BCUT2D eigenvalue weighted by atomic mass is 16.2. The smallest absolute Gasteiger partial charge is 0.255 e. The summed E-state index contributed by atoms with van der Waals surface area (Å²) in [6, 6.07) is 1.88. The Kier molecular flexibility index (Phi) is 3.89. The van der Waals surface area contributed by atoms with Gasteiger partial charge in [-0.25, -0.2) is 0 Å². The van der Waals surface area contributed by atoms with Crippen molar-refractivity contribution in [1.29, 1.82) is 0 Å². The van der Waals surface area contributed by atoms with E-state index in [0.717, 1.165) is 62.6 Å². The van der Waals surface area contributed by atoms with Crippen molar-refractivity contribution in [1.82, 2.24) is 14.8 Å². The van der Waals surface area contributed by atoms with E-state index in [4.69, 9.17) is 0 Å². The molecule has 0 radical (unpaired) electrons. The van der Waals surface area contributed by atoms with E-state index >= 15 is 0 Å². The molecule has 0 aromatic carbocycles. The van der Waals surface area contributed by atoms with Crippen LogP contribution in [-0.2, 0) is 4.79 Å². The molecular formula is C19H27N3O2. The van der Waals surface area contributed by atoms with E-state index in [1.54, 1.807) is 0 Å². The predicted molar refractivity (Wildman–Crippen MR) is 91.6 cm³/mol. The van der Waals surface area contributed by atoms with Crippen LogP contribution in [0.15, 0.2) is 12.3 Å². The molecule has 1 aromatic heterocycles. The van der Waals surface area contributed by atoms with Gasteiger partial charge in [0.2, 0.25) is 5.91 Å². The lowest BCUT2D eigenvalue weighted by atomic mass is 9.73. The fourth-order valence-electron chi connectivity index (χ4n) is 4.45. The largest absolute Gasteiger partial charge is 0.365 e. The maximum atomic E-state index is 12.9. The average molecular weight is 329 g/mol. The molecule has 1 atom stereocenters. The second-order valence-corrected chi connectivity index (χ2v) is 8.06. The topological polar surface area (TPSA) is 56.4 Å². The van der Waals surface area contributed by atoms with Gasteiger partial charge in [-0.05, 0) is 51.0 Å². The standard InChI is InChI=1S/C19H27N3O2/c1-14-16(6-9-20-14)18(24)21-10-2-7-19(12-21)8-5-17(23)22(13-19)11-15-3-4-15/h6,9,15,20H,2-5,7-8,10-13H2,1H3. The van der Waals surface area contributed by atoms with Crippen molar-refractivity contribution in [2.45, 2.75) is 45.4 Å². The number of likely N-dealkylation sites (tertiary alicyclic amines) is 2. The first kappa shape index (κ1) is 15.7. The van der Waals surface area contributed by atoms with Crippen molar-refractivity contribution in [3.63, 3.8) is 0 Å². The van der Waals surface area contributed by atoms with E-state index in [0.29, 0.717) is 12.3 Å². The van der Waals surface area contributed by atoms with E-state index in [-0.39, 0.29) is 11.3 Å². The van der Waals surface area contributed by atoms with E-state index in [1.807, 2.05) is 24.1 Å². The summed E-state index contributed by atoms with van der Waals surface area (Å²) in [5.74, 6) is 1.18. The highest BCUT2D eigenvalue weighted by molar-refractivity contribution is 5.95. The zero-order chi connectivity index (χ0) is 16.7. The van der Waals surface area contributed by atoms with Crippen LogP contribution in [0.1, 0.15) is 54.6 Å². The Morgan fingerprint density at radius 1 is 1.33 bits per heavy atom. The van der Waals surface area contributed by atoms with Gasteiger partial charge in [-0.1, -0.05) is 0 Å². The fraction of sp³-hybridized carbons (Fsp3) is 0.684. The number of hydrogen-bond acceptors (Lipinski definition) is 2. The number of nitrogens with zero attached hydrogens (tertiary/aromatic N) is 2. The van der Waals surface area contributed by atoms with E-state index in [2.05, 4.69) is 9.88 Å². The van der Waals surface area contributed by atoms with Crippen molar-refractivity contribution in [3.8, 4) is 0 Å². The van der Waals surface area contributed by atoms with Crippen LogP contribution >= 0.6 is 0 Å². The summed E-state index contributed by atoms with van der Waals surface area (Å²) in [7, 11) is 0. The molecule has 5 heteroatoms. The molecule has 1 N–H and O–H groups in total. The van der Waals surface area contributed by atoms with Crippen LogP contribution in [0, 0.1) is 18.3 Å². The normalized spacial score (nSPS) is 27.8. The van der Waals surface area contributed by atoms with Crippen LogP contribution in [0.5, 0.6) is 0 Å². The van der Waals surface area contributed by atoms with Crippen LogP contribution < -0.4 is 0 Å². The number of hydrogen-bond donors (Lipinski definition) is 1. The van der Waals surface area contributed by atoms with Crippen molar-refractivity contribution >= 4 is 11.8 Å². The summed E-state index contributed by atoms with van der Waals surface area (Å²) >= 11 is 0. The summed E-state index contributed by atoms with van der Waals surface area (Å²) in [6.45, 7) is 5.36. The molecular weight excluding hydrogens is 302 g/mol. The zero-order valence-corrected chi connectivity index (χ0v) is 14.5. The molecule has 1 aliphatic carbocycles. The Bertz CT molecular complexity index is 649. The molecule has 3 fully saturated rings. The van der Waals surface area contributed by atoms with Gasteiger partial charge >= 0.3 is 0 Å². The summed E-state index contributed by atoms with van der Waals surface area (Å²) in [5, 5.41) is 0. The van der Waals surface area contributed by atoms with E-state index < -0.39 is 0 Å². The SMILES string of the molecule is Cc1[nH]ccc1C(=O)N1CCCC2(CCC(=O)N(CC3CC3)C2)C1. The Morgan fingerprint density at radius 2 is 2.17 bits per heavy atom. The maximum Gasteiger partial charge on any atom is 0.255 e. The molecule has 0 bridgehead atoms. The van der Waals surface area contributed by atoms with Gasteiger partial charge in [0.05, 0.1) is 5.56 Å². The number of aromatic amines is 1. The van der Waals surface area contributed by atoms with Gasteiger partial charge in [-0.3, -0.25) is 9.59 Å². The third-order valence-electron chi connectivity index (χ3n) is 6.06. The van der Waals surface area contributed by atoms with Crippen molar-refractivity contribution in [3.05, 3.63) is 23.5 Å². The molecule has 5 nitrogen and oxygen atoms in total. The summed E-state index contributed by atoms with van der Waals surface area (Å²) in [4.78, 5) is 32.4. The Labute approximate surface area is 143 Å². The number of amides is 2. The lowest BCUT2D eigenvalue weighted by molar-refractivity contribution is -0.139. The second-order valence-electron chi connectivity index (χ2n) is 8.06. The monoisotopic (exact) mass is 329 g/mol. The number of piperidine rings is 2. The molecule has 2 aliphatic heterocycles. The number of H-pyrrole nitrogens is 1. The van der Waals surface area contributed by atoms with Gasteiger partial charge in [0.25, 0.3) is 5.91 Å². The quantitative estimate of drug-likeness (QED) is 0.926. The van der Waals surface area contributed by atoms with Gasteiger partial charge in [0.1, 0.15) is 0 Å². The lowest BCUT2D eigenvalue weighted by Crippen LogP contribution is -2.55. The number of aromatic nitrogens is 1. The molecule has 24 heavy (non-hydrogen) atoms. The van der Waals surface area contributed by atoms with Crippen molar-refractivity contribution in [2.24, 2.45) is 11.3 Å². The molecule has 1 spiro atoms. The fourth-order valence-corrected chi connectivity index (χ4v) is 4.45. The first-order valence-electron chi connectivity index (χ1n) is 9.27. The second kappa shape index (κ2) is 5.94. The molecule has 3 heterocycles. The number of carbonyl (C=O) groups is 2. The minimum absolute atomic E-state index is 0.112. The van der Waals surface area contributed by atoms with Gasteiger partial charge in [0.15, 0.2) is 0 Å². The predicted octanol–water partition coefficient (Wildman–Crippen LogP) is 2.58. The molecule has 3 aliphatic rings. The lowest BCUT2D eigenvalue weighted by Gasteiger charge is -2.48. The molecule has 2 amide bonds. The van der Waals surface area contributed by atoms with Gasteiger partial charge in [0, 0.05) is 49.9 Å². The third kappa shape index (κ3) is 2.96. The highest BCUT2D eigenvalue weighted by Crippen LogP contribution is 2.41. The first-order chi connectivity index (χ1) is 11.6. The van der Waals surface area contributed by atoms with Crippen LogP contribution in [0.2, 0.25) is 0 Å². The number of rotatable bonds is 3. The molecule has 130 valence electrons. The van der Waals surface area contributed by atoms with Crippen LogP contribution in [0.4, 0.5) is 0 Å². The van der Waals surface area contributed by atoms with Crippen molar-refractivity contribution < 1.29 is 9.59 Å². The Hall–Kier alpha value is -1.78. The van der Waals surface area contributed by atoms with Gasteiger partial charge < -0.3 is 14.8 Å². The van der Waals surface area contributed by atoms with Gasteiger partial charge in [-0.2, -0.15) is 0 Å². The minimum Gasteiger partial charge on any atom is -0.365 e. The Balaban J connectivity index is 1.48. The minimum atomic E-state index is 0.112. The zero-order valence-electron chi connectivity index (χ0n) is 14.5. The molecule has 1 saturated carbocycles. The van der Waals surface area contributed by atoms with Crippen molar-refractivity contribution in [2.75, 3.05) is 26.2 Å². The molecule has 4 rings (SSSR count). The molecule has 1 unspecified atom stereocenters. The highest BCUT2D eigenvalue weighted by Gasteiger charge is 2.43. The summed E-state index contributed by atoms with van der Waals surface area (Å²) in [5.41, 5.74) is 1.84. The van der Waals surface area contributed by atoms with Gasteiger partial charge in [-0.15, -0.1) is 0 Å². The third-order valence-corrected chi connectivity index (χ3v) is 6.06. The first-order valence-corrected chi connectivity index (χ1v) is 9.27. The maximum absolute atomic E-state index is 12.9. The van der Waals surface area contributed by atoms with E-state index in [1.165, 1.54) is 12.8 Å².